The van der Waals surface area contributed by atoms with Gasteiger partial charge in [-0.25, -0.2) is 0 Å². The van der Waals surface area contributed by atoms with Gasteiger partial charge in [-0.2, -0.15) is 0 Å². The Morgan fingerprint density at radius 3 is 0.828 bits per heavy atom. The van der Waals surface area contributed by atoms with Gasteiger partial charge in [-0.1, -0.05) is 161 Å². The summed E-state index contributed by atoms with van der Waals surface area (Å²) in [5.74, 6) is 2.77. The minimum atomic E-state index is -0.407. The lowest BCUT2D eigenvalue weighted by Crippen LogP contribution is -2.11. The van der Waals surface area contributed by atoms with Gasteiger partial charge >= 0.3 is 5.97 Å². The predicted octanol–water partition coefficient (Wildman–Crippen LogP) is 31.3. The molecule has 0 aliphatic carbocycles. The number of thiophene rings is 5. The maximum atomic E-state index is 11.8. The molecule has 682 valence electrons. The van der Waals surface area contributed by atoms with E-state index in [1.165, 1.54) is 164 Å². The Kier molecular flexibility index (Phi) is 29.2. The van der Waals surface area contributed by atoms with Crippen LogP contribution >= 0.6 is 52.3 Å². The number of ether oxygens (including phenoxy) is 4. The van der Waals surface area contributed by atoms with Crippen molar-refractivity contribution < 1.29 is 49.3 Å². The summed E-state index contributed by atoms with van der Waals surface area (Å²) in [4.78, 5) is 18.3. The molecule has 0 bridgehead atoms. The Labute approximate surface area is 800 Å². The first-order valence-corrected chi connectivity index (χ1v) is 52.2. The molecule has 20 rings (SSSR count). The molecule has 5 heterocycles. The molecule has 10 nitrogen and oxygen atoms in total. The third-order valence-corrected chi connectivity index (χ3v) is 36.2. The van der Waals surface area contributed by atoms with Gasteiger partial charge in [-0.3, -0.25) is 4.79 Å². The van der Waals surface area contributed by atoms with E-state index >= 15 is 0 Å². The zero-order chi connectivity index (χ0) is 94.6. The summed E-state index contributed by atoms with van der Waals surface area (Å²) in [6, 6.07) is 106. The van der Waals surface area contributed by atoms with Crippen molar-refractivity contribution in [3.63, 3.8) is 0 Å². The fourth-order valence-electron chi connectivity index (χ4n) is 18.2. The van der Waals surface area contributed by atoms with Crippen LogP contribution in [0.4, 0.5) is 0 Å². The van der Waals surface area contributed by atoms with Gasteiger partial charge in [0, 0.05) is 161 Å². The molecule has 0 fully saturated rings. The molecule has 0 saturated carbocycles. The number of rotatable bonds is 19. The highest BCUT2D eigenvalue weighted by Crippen LogP contribution is 2.56. The van der Waals surface area contributed by atoms with Gasteiger partial charge in [0.1, 0.15) is 42.8 Å². The van der Waals surface area contributed by atoms with Crippen LogP contribution in [0.1, 0.15) is 120 Å². The van der Waals surface area contributed by atoms with Crippen LogP contribution in [0.15, 0.2) is 291 Å². The largest absolute Gasteiger partial charge is 0.491 e. The number of aliphatic hydroxyl groups is 5. The number of esters is 1. The number of benzene rings is 15. The van der Waals surface area contributed by atoms with Crippen molar-refractivity contribution in [2.45, 2.75) is 134 Å². The molecule has 20 aromatic rings. The summed E-state index contributed by atoms with van der Waals surface area (Å²) in [5, 5.41) is 58.7. The van der Waals surface area contributed by atoms with E-state index in [4.69, 9.17) is 39.4 Å². The molecule has 0 saturated heterocycles. The summed E-state index contributed by atoms with van der Waals surface area (Å²) in [5.41, 5.74) is 15.8. The maximum absolute atomic E-state index is 11.8. The Bertz CT molecular complexity index is 7180. The molecule has 134 heavy (non-hydrogen) atoms. The van der Waals surface area contributed by atoms with Gasteiger partial charge in [0.25, 0.3) is 0 Å². The first-order chi connectivity index (χ1) is 64.6. The van der Waals surface area contributed by atoms with E-state index in [2.05, 4.69) is 376 Å². The average molecular weight is 1870 g/mol. The van der Waals surface area contributed by atoms with Crippen LogP contribution in [-0.2, 0) is 22.0 Å². The van der Waals surface area contributed by atoms with Gasteiger partial charge in [0.05, 0.1) is 32.8 Å². The van der Waals surface area contributed by atoms with Crippen LogP contribution in [0.5, 0.6) is 23.0 Å². The molecule has 5 N–H and O–H groups in total. The molecule has 0 radical (unpaired) electrons. The molecular weight excluding hydrogens is 1750 g/mol. The Morgan fingerprint density at radius 1 is 0.261 bits per heavy atom. The summed E-state index contributed by atoms with van der Waals surface area (Å²) < 4.78 is 36.4. The van der Waals surface area contributed by atoms with Crippen LogP contribution in [0.3, 0.4) is 0 Å². The minimum Gasteiger partial charge on any atom is -0.491 e. The molecule has 5 aromatic heterocycles. The van der Waals surface area contributed by atoms with E-state index in [0.717, 1.165) is 50.6 Å². The molecular formula is C119H121O10S5+5. The Balaban J connectivity index is 0.000000122. The van der Waals surface area contributed by atoms with Crippen molar-refractivity contribution in [1.29, 1.82) is 0 Å². The molecule has 0 spiro atoms. The molecule has 0 amide bonds. The first kappa shape index (κ1) is 95.2. The second kappa shape index (κ2) is 41.1. The minimum absolute atomic E-state index is 0.00571. The number of aliphatic hydroxyl groups excluding tert-OH is 5. The van der Waals surface area contributed by atoms with Gasteiger partial charge < -0.3 is 44.5 Å². The number of aryl methyl sites for hydroxylation is 10. The van der Waals surface area contributed by atoms with Crippen LogP contribution in [-0.4, -0.2) is 84.4 Å². The average Bonchev–Trinajstić information content (AvgIpc) is 1.58. The second-order valence-corrected chi connectivity index (χ2v) is 46.7. The highest BCUT2D eigenvalue weighted by molar-refractivity contribution is 7.52. The van der Waals surface area contributed by atoms with Crippen molar-refractivity contribution >= 4 is 159 Å². The second-order valence-electron chi connectivity index (χ2n) is 36.8. The quantitative estimate of drug-likeness (QED) is 0.0300. The van der Waals surface area contributed by atoms with E-state index in [0.29, 0.717) is 32.0 Å². The molecule has 0 unspecified atom stereocenters. The number of carbonyl (C=O) groups excluding carboxylic acids is 1. The fraction of sp³-hybridized carbons (Fsp3) is 0.235. The lowest BCUT2D eigenvalue weighted by Gasteiger charge is -2.19. The zero-order valence-electron chi connectivity index (χ0n) is 79.6. The van der Waals surface area contributed by atoms with Crippen molar-refractivity contribution in [1.82, 2.24) is 0 Å². The van der Waals surface area contributed by atoms with Crippen molar-refractivity contribution in [2.75, 3.05) is 52.9 Å². The maximum Gasteiger partial charge on any atom is 0.313 e. The van der Waals surface area contributed by atoms with Gasteiger partial charge in [0.2, 0.25) is 0 Å². The van der Waals surface area contributed by atoms with Crippen molar-refractivity contribution in [3.05, 3.63) is 364 Å². The van der Waals surface area contributed by atoms with Crippen LogP contribution in [0.25, 0.3) is 125 Å². The molecule has 0 aliphatic heterocycles. The smallest absolute Gasteiger partial charge is 0.313 e. The SMILES string of the molecule is CC(C)(C)c1ccc2c(c1)c1cc(C(C)(C)C)ccc1[s+]2-c1ccc(CCO)cc1.Cc1cc(-[s+]2c3ccccc3c3ccccc32)cc(C)c1OC(=O)CCO.Cc1ccc2c(c1)c1cc(C)ccc1[s+]2-c1cc(C)c(OCCO)c(C)c1.Cc1ccc2c(c1)c1cc(C)ccc1[s+]2-c1cc(C)c(OCCO)c(C)c1.OCCOc1ccc(-[s+]2c3ccccc3c3ccccc32)cc1. The van der Waals surface area contributed by atoms with E-state index in [9.17, 15) is 9.90 Å². The zero-order valence-corrected chi connectivity index (χ0v) is 83.7. The molecule has 15 aromatic carbocycles. The summed E-state index contributed by atoms with van der Waals surface area (Å²) in [7, 11) is -0.504. The lowest BCUT2D eigenvalue weighted by atomic mass is 9.85. The van der Waals surface area contributed by atoms with Gasteiger partial charge in [0.15, 0.2) is 71.5 Å². The lowest BCUT2D eigenvalue weighted by molar-refractivity contribution is -0.135. The van der Waals surface area contributed by atoms with Crippen LogP contribution in [0.2, 0.25) is 0 Å². The first-order valence-electron chi connectivity index (χ1n) is 46.0. The number of hydrogen-bond donors (Lipinski definition) is 5. The van der Waals surface area contributed by atoms with E-state index in [-0.39, 0.29) is 103 Å². The fourth-order valence-corrected chi connectivity index (χ4v) is 30.6. The third-order valence-electron chi connectivity index (χ3n) is 24.6. The number of carbonyl (C=O) groups is 1. The van der Waals surface area contributed by atoms with Crippen molar-refractivity contribution in [3.8, 4) is 47.5 Å². The topological polar surface area (TPSA) is 155 Å². The third kappa shape index (κ3) is 20.0. The molecule has 0 atom stereocenters. The van der Waals surface area contributed by atoms with Gasteiger partial charge in [-0.05, 0) is 282 Å². The summed E-state index contributed by atoms with van der Waals surface area (Å²) >= 11 is 0. The van der Waals surface area contributed by atoms with E-state index in [1.54, 1.807) is 0 Å². The van der Waals surface area contributed by atoms with E-state index in [1.807, 2.05) is 26.0 Å². The number of hydrogen-bond acceptors (Lipinski definition) is 10. The molecule has 0 aliphatic rings. The highest BCUT2D eigenvalue weighted by Gasteiger charge is 2.33. The summed E-state index contributed by atoms with van der Waals surface area (Å²) in [6.45, 7) is 35.8. The Morgan fingerprint density at radius 2 is 0.530 bits per heavy atom. The van der Waals surface area contributed by atoms with Crippen LogP contribution in [0, 0.1) is 69.2 Å². The van der Waals surface area contributed by atoms with Crippen LogP contribution < -0.4 is 18.9 Å². The normalized spacial score (nSPS) is 11.6. The standard InChI is InChI=1S/C28H33OS.2C24H25O2S.C23H21O3S.C20H17O2S/c1-27(2,3)20-9-13-25-23(17-20)24-18-21(28(4,5)6)10-14-26(24)30(25)22-11-7-19(8-12-22)15-16-29;2*1-15-5-7-22-20(11-15)21-12-16(2)6-8-23(21)27(22)19-13-17(3)24(18(4)14-19)26-10-9-25;1-15-13-17(14-16(2)23(15)26-22(25)11-12-24)27-20-9-5-3-7-18(20)19-8-4-6-10-21(19)27;21-13-14-22-15-9-11-16(12-10-15)23-19-7-3-1-5-17(19)18-6-2-4-8-20(18)23/h7-14,17-18,29H,15-16H2,1-6H3;2*5-8,11-14,25H,9-10H2,1-4H3;3-10,13-14,24H,11-12H2,1-2H3;1-12,21H,13-14H2/q5*+1. The van der Waals surface area contributed by atoms with E-state index < -0.39 is 5.97 Å². The van der Waals surface area contributed by atoms with Crippen molar-refractivity contribution in [2.24, 2.45) is 0 Å². The summed E-state index contributed by atoms with van der Waals surface area (Å²) in [6.07, 6.45) is 0.719. The number of fused-ring (bicyclic) bond motifs is 15. The monoisotopic (exact) mass is 1870 g/mol. The Hall–Kier alpha value is -11.9. The highest BCUT2D eigenvalue weighted by atomic mass is 32.2. The van der Waals surface area contributed by atoms with Gasteiger partial charge in [-0.15, -0.1) is 0 Å². The molecule has 15 heteroatoms. The predicted molar refractivity (Wildman–Crippen MR) is 577 cm³/mol.